The van der Waals surface area contributed by atoms with Crippen LogP contribution in [0.25, 0.3) is 0 Å². The maximum Gasteiger partial charge on any atom is 0.226 e. The van der Waals surface area contributed by atoms with Crippen LogP contribution in [0.1, 0.15) is 37.3 Å². The van der Waals surface area contributed by atoms with Gasteiger partial charge in [-0.2, -0.15) is 0 Å². The molecule has 0 spiro atoms. The first-order valence-corrected chi connectivity index (χ1v) is 6.12. The van der Waals surface area contributed by atoms with Crippen molar-refractivity contribution in [1.82, 2.24) is 0 Å². The number of fused-ring (bicyclic) bond motifs is 1. The Labute approximate surface area is 97.3 Å². The van der Waals surface area contributed by atoms with Gasteiger partial charge in [0.25, 0.3) is 0 Å². The van der Waals surface area contributed by atoms with E-state index in [0.29, 0.717) is 6.42 Å². The zero-order valence-electron chi connectivity index (χ0n) is 10.1. The van der Waals surface area contributed by atoms with Gasteiger partial charge >= 0.3 is 0 Å². The van der Waals surface area contributed by atoms with Gasteiger partial charge in [0.05, 0.1) is 0 Å². The maximum atomic E-state index is 12.0. The molecule has 1 aliphatic heterocycles. The van der Waals surface area contributed by atoms with Gasteiger partial charge in [-0.3, -0.25) is 4.79 Å². The molecule has 1 amide bonds. The Morgan fingerprint density at radius 2 is 2.25 bits per heavy atom. The first kappa shape index (κ1) is 11.2. The minimum Gasteiger partial charge on any atom is -0.312 e. The van der Waals surface area contributed by atoms with Gasteiger partial charge in [-0.05, 0) is 37.8 Å². The number of aryl methyl sites for hydroxylation is 2. The molecule has 1 aromatic rings. The molecule has 2 rings (SSSR count). The lowest BCUT2D eigenvalue weighted by Crippen LogP contribution is -2.35. The molecule has 0 saturated heterocycles. The largest absolute Gasteiger partial charge is 0.312 e. The highest BCUT2D eigenvalue weighted by Gasteiger charge is 2.21. The number of carbonyl (C=O) groups is 1. The third kappa shape index (κ3) is 2.11. The summed E-state index contributed by atoms with van der Waals surface area (Å²) in [6.45, 7) is 5.04. The van der Waals surface area contributed by atoms with Gasteiger partial charge in [0.2, 0.25) is 5.91 Å². The molecule has 0 atom stereocenters. The Balaban J connectivity index is 2.29. The second-order valence-electron chi connectivity index (χ2n) is 4.53. The average Bonchev–Trinajstić information content (AvgIpc) is 2.28. The van der Waals surface area contributed by atoms with E-state index < -0.39 is 0 Å². The fraction of sp³-hybridized carbons (Fsp3) is 0.500. The predicted molar refractivity (Wildman–Crippen MR) is 66.8 cm³/mol. The summed E-state index contributed by atoms with van der Waals surface area (Å²) in [5.74, 6) is 0.271. The summed E-state index contributed by atoms with van der Waals surface area (Å²) in [4.78, 5) is 13.9. The van der Waals surface area contributed by atoms with E-state index in [-0.39, 0.29) is 5.91 Å². The van der Waals surface area contributed by atoms with Crippen LogP contribution in [0, 0.1) is 6.92 Å². The minimum absolute atomic E-state index is 0.271. The van der Waals surface area contributed by atoms with E-state index in [9.17, 15) is 4.79 Å². The molecule has 0 unspecified atom stereocenters. The van der Waals surface area contributed by atoms with E-state index in [1.807, 2.05) is 4.90 Å². The van der Waals surface area contributed by atoms with Crippen molar-refractivity contribution in [2.24, 2.45) is 0 Å². The molecule has 1 aromatic carbocycles. The summed E-state index contributed by atoms with van der Waals surface area (Å²) in [6, 6.07) is 6.40. The minimum atomic E-state index is 0.271. The van der Waals surface area contributed by atoms with Gasteiger partial charge in [-0.25, -0.2) is 0 Å². The van der Waals surface area contributed by atoms with Crippen molar-refractivity contribution in [2.75, 3.05) is 11.4 Å². The van der Waals surface area contributed by atoms with E-state index in [1.54, 1.807) is 0 Å². The van der Waals surface area contributed by atoms with E-state index in [4.69, 9.17) is 0 Å². The van der Waals surface area contributed by atoms with Gasteiger partial charge in [-0.15, -0.1) is 0 Å². The molecule has 0 aromatic heterocycles. The van der Waals surface area contributed by atoms with Crippen molar-refractivity contribution in [3.63, 3.8) is 0 Å². The monoisotopic (exact) mass is 217 g/mol. The Kier molecular flexibility index (Phi) is 3.28. The number of rotatable bonds is 2. The molecule has 0 N–H and O–H groups in total. The fourth-order valence-electron chi connectivity index (χ4n) is 2.33. The van der Waals surface area contributed by atoms with Gasteiger partial charge in [0, 0.05) is 18.7 Å². The lowest BCUT2D eigenvalue weighted by atomic mass is 9.99. The zero-order chi connectivity index (χ0) is 11.5. The molecular weight excluding hydrogens is 198 g/mol. The second-order valence-corrected chi connectivity index (χ2v) is 4.53. The number of nitrogens with zero attached hydrogens (tertiary/aromatic N) is 1. The molecular formula is C14H19NO. The molecule has 0 aliphatic carbocycles. The Morgan fingerprint density at radius 1 is 1.44 bits per heavy atom. The molecule has 1 heterocycles. The van der Waals surface area contributed by atoms with Crippen LogP contribution in [0.4, 0.5) is 5.69 Å². The highest BCUT2D eigenvalue weighted by atomic mass is 16.2. The second kappa shape index (κ2) is 4.69. The summed E-state index contributed by atoms with van der Waals surface area (Å²) in [6.07, 6.45) is 3.78. The number of hydrogen-bond donors (Lipinski definition) is 0. The highest BCUT2D eigenvalue weighted by Crippen LogP contribution is 2.28. The lowest BCUT2D eigenvalue weighted by molar-refractivity contribution is -0.118. The van der Waals surface area contributed by atoms with Gasteiger partial charge < -0.3 is 4.90 Å². The number of anilines is 1. The third-order valence-corrected chi connectivity index (χ3v) is 3.12. The van der Waals surface area contributed by atoms with E-state index in [2.05, 4.69) is 32.0 Å². The van der Waals surface area contributed by atoms with Crippen LogP contribution in [-0.2, 0) is 11.2 Å². The van der Waals surface area contributed by atoms with Gasteiger partial charge in [0.1, 0.15) is 0 Å². The Hall–Kier alpha value is -1.31. The lowest BCUT2D eigenvalue weighted by Gasteiger charge is -2.29. The predicted octanol–water partition coefficient (Wildman–Crippen LogP) is 3.07. The Bertz CT molecular complexity index is 398. The summed E-state index contributed by atoms with van der Waals surface area (Å²) < 4.78 is 0. The number of benzene rings is 1. The Morgan fingerprint density at radius 3 is 3.00 bits per heavy atom. The van der Waals surface area contributed by atoms with Crippen LogP contribution < -0.4 is 4.90 Å². The zero-order valence-corrected chi connectivity index (χ0v) is 10.1. The SMILES string of the molecule is CCCC(=O)N1CCCc2cc(C)ccc21. The molecule has 2 heteroatoms. The van der Waals surface area contributed by atoms with Gasteiger partial charge in [0.15, 0.2) is 0 Å². The van der Waals surface area contributed by atoms with Crippen molar-refractivity contribution < 1.29 is 4.79 Å². The molecule has 16 heavy (non-hydrogen) atoms. The molecule has 86 valence electrons. The number of hydrogen-bond acceptors (Lipinski definition) is 1. The third-order valence-electron chi connectivity index (χ3n) is 3.12. The smallest absolute Gasteiger partial charge is 0.226 e. The summed E-state index contributed by atoms with van der Waals surface area (Å²) in [5, 5.41) is 0. The maximum absolute atomic E-state index is 12.0. The highest BCUT2D eigenvalue weighted by molar-refractivity contribution is 5.94. The van der Waals surface area contributed by atoms with Crippen LogP contribution in [0.5, 0.6) is 0 Å². The first-order chi connectivity index (χ1) is 7.72. The van der Waals surface area contributed by atoms with Crippen LogP contribution in [0.3, 0.4) is 0 Å². The fourth-order valence-corrected chi connectivity index (χ4v) is 2.33. The average molecular weight is 217 g/mol. The van der Waals surface area contributed by atoms with Crippen molar-refractivity contribution in [1.29, 1.82) is 0 Å². The summed E-state index contributed by atoms with van der Waals surface area (Å²) in [5.41, 5.74) is 3.74. The van der Waals surface area contributed by atoms with Crippen molar-refractivity contribution in [2.45, 2.75) is 39.5 Å². The number of amides is 1. The molecule has 1 aliphatic rings. The van der Waals surface area contributed by atoms with Crippen LogP contribution in [0.2, 0.25) is 0 Å². The van der Waals surface area contributed by atoms with Gasteiger partial charge in [-0.1, -0.05) is 24.6 Å². The van der Waals surface area contributed by atoms with Crippen LogP contribution in [-0.4, -0.2) is 12.5 Å². The summed E-state index contributed by atoms with van der Waals surface area (Å²) >= 11 is 0. The van der Waals surface area contributed by atoms with Crippen molar-refractivity contribution >= 4 is 11.6 Å². The van der Waals surface area contributed by atoms with E-state index in [0.717, 1.165) is 31.5 Å². The summed E-state index contributed by atoms with van der Waals surface area (Å²) in [7, 11) is 0. The standard InChI is InChI=1S/C14H19NO/c1-3-5-14(16)15-9-4-6-12-10-11(2)7-8-13(12)15/h7-8,10H,3-6,9H2,1-2H3. The van der Waals surface area contributed by atoms with E-state index >= 15 is 0 Å². The molecule has 2 nitrogen and oxygen atoms in total. The number of carbonyl (C=O) groups excluding carboxylic acids is 1. The molecule has 0 radical (unpaired) electrons. The molecule has 0 saturated carbocycles. The topological polar surface area (TPSA) is 20.3 Å². The van der Waals surface area contributed by atoms with Crippen molar-refractivity contribution in [3.05, 3.63) is 29.3 Å². The molecule has 0 fully saturated rings. The van der Waals surface area contributed by atoms with Crippen molar-refractivity contribution in [3.8, 4) is 0 Å². The normalized spacial score (nSPS) is 14.8. The van der Waals surface area contributed by atoms with E-state index in [1.165, 1.54) is 11.1 Å². The first-order valence-electron chi connectivity index (χ1n) is 6.12. The molecule has 0 bridgehead atoms. The quantitative estimate of drug-likeness (QED) is 0.745. The van der Waals surface area contributed by atoms with Crippen LogP contribution >= 0.6 is 0 Å². The van der Waals surface area contributed by atoms with Crippen LogP contribution in [0.15, 0.2) is 18.2 Å².